The van der Waals surface area contributed by atoms with E-state index in [0.717, 1.165) is 36.8 Å². The van der Waals surface area contributed by atoms with Crippen LogP contribution in [0.1, 0.15) is 32.8 Å². The van der Waals surface area contributed by atoms with Crippen molar-refractivity contribution in [2.45, 2.75) is 45.3 Å². The average Bonchev–Trinajstić information content (AvgIpc) is 2.65. The Morgan fingerprint density at radius 2 is 1.85 bits per heavy atom. The molecule has 6 heteroatoms. The zero-order valence-corrected chi connectivity index (χ0v) is 17.1. The van der Waals surface area contributed by atoms with Crippen LogP contribution >= 0.6 is 0 Å². The summed E-state index contributed by atoms with van der Waals surface area (Å²) in [6, 6.07) is 6.33. The maximum absolute atomic E-state index is 5.69. The molecule has 2 atom stereocenters. The molecule has 0 saturated heterocycles. The Morgan fingerprint density at radius 3 is 2.38 bits per heavy atom. The summed E-state index contributed by atoms with van der Waals surface area (Å²) in [5.41, 5.74) is 1.13. The number of rotatable bonds is 7. The van der Waals surface area contributed by atoms with E-state index in [4.69, 9.17) is 14.2 Å². The molecule has 0 spiro atoms. The third kappa shape index (κ3) is 3.90. The van der Waals surface area contributed by atoms with Gasteiger partial charge < -0.3 is 24.8 Å². The molecule has 1 aromatic carbocycles. The van der Waals surface area contributed by atoms with Gasteiger partial charge in [0.05, 0.1) is 19.8 Å². The Bertz CT molecular complexity index is 645. The summed E-state index contributed by atoms with van der Waals surface area (Å²) < 4.78 is 16.3. The van der Waals surface area contributed by atoms with Gasteiger partial charge in [-0.15, -0.1) is 0 Å². The predicted molar refractivity (Wildman–Crippen MR) is 105 cm³/mol. The summed E-state index contributed by atoms with van der Waals surface area (Å²) in [5, 5.41) is 6.92. The largest absolute Gasteiger partial charge is 0.493 e. The van der Waals surface area contributed by atoms with Crippen molar-refractivity contribution >= 4 is 5.96 Å². The van der Waals surface area contributed by atoms with E-state index in [-0.39, 0.29) is 11.0 Å². The fourth-order valence-corrected chi connectivity index (χ4v) is 3.44. The number of guanidine groups is 1. The molecule has 0 bridgehead atoms. The van der Waals surface area contributed by atoms with Crippen LogP contribution in [0.5, 0.6) is 11.5 Å². The van der Waals surface area contributed by atoms with E-state index in [1.165, 1.54) is 5.56 Å². The maximum Gasteiger partial charge on any atom is 0.191 e. The van der Waals surface area contributed by atoms with Crippen molar-refractivity contribution in [1.29, 1.82) is 0 Å². The lowest BCUT2D eigenvalue weighted by Gasteiger charge is -2.59. The third-order valence-electron chi connectivity index (χ3n) is 5.97. The number of hydrogen-bond donors (Lipinski definition) is 2. The predicted octanol–water partition coefficient (Wildman–Crippen LogP) is 2.61. The highest BCUT2D eigenvalue weighted by Crippen LogP contribution is 2.51. The number of methoxy groups -OCH3 is 3. The highest BCUT2D eigenvalue weighted by molar-refractivity contribution is 5.80. The van der Waals surface area contributed by atoms with Gasteiger partial charge in [0.25, 0.3) is 0 Å². The molecule has 0 aliphatic heterocycles. The van der Waals surface area contributed by atoms with Crippen molar-refractivity contribution in [3.05, 3.63) is 23.8 Å². The number of nitrogens with one attached hydrogen (secondary N) is 2. The lowest BCUT2D eigenvalue weighted by molar-refractivity contribution is -0.176. The molecule has 2 rings (SSSR count). The minimum absolute atomic E-state index is 0.0444. The van der Waals surface area contributed by atoms with E-state index < -0.39 is 0 Å². The molecule has 0 radical (unpaired) electrons. The number of benzene rings is 1. The van der Waals surface area contributed by atoms with Crippen LogP contribution in [0.2, 0.25) is 0 Å². The van der Waals surface area contributed by atoms with Crippen LogP contribution in [0.4, 0.5) is 0 Å². The Kier molecular flexibility index (Phi) is 6.39. The molecule has 1 aliphatic rings. The van der Waals surface area contributed by atoms with Gasteiger partial charge in [-0.2, -0.15) is 0 Å². The summed E-state index contributed by atoms with van der Waals surface area (Å²) >= 11 is 0. The number of hydrogen-bond acceptors (Lipinski definition) is 4. The SMILES string of the molecule is CN=C(NCCc1ccc(OC)c(OC)c1)NC1CC(C)(OC)C1(C)C. The van der Waals surface area contributed by atoms with Crippen LogP contribution in [0.3, 0.4) is 0 Å². The van der Waals surface area contributed by atoms with Crippen molar-refractivity contribution in [1.82, 2.24) is 10.6 Å². The first-order valence-electron chi connectivity index (χ1n) is 9.04. The normalized spacial score (nSPS) is 24.6. The van der Waals surface area contributed by atoms with Gasteiger partial charge in [-0.1, -0.05) is 19.9 Å². The summed E-state index contributed by atoms with van der Waals surface area (Å²) in [6.45, 7) is 7.41. The molecule has 1 fully saturated rings. The molecule has 26 heavy (non-hydrogen) atoms. The van der Waals surface area contributed by atoms with E-state index in [9.17, 15) is 0 Å². The van der Waals surface area contributed by atoms with Gasteiger partial charge in [0, 0.05) is 32.2 Å². The van der Waals surface area contributed by atoms with Crippen molar-refractivity contribution < 1.29 is 14.2 Å². The van der Waals surface area contributed by atoms with Crippen LogP contribution in [0.25, 0.3) is 0 Å². The van der Waals surface area contributed by atoms with Gasteiger partial charge in [-0.05, 0) is 37.5 Å². The summed E-state index contributed by atoms with van der Waals surface area (Å²) in [7, 11) is 6.88. The first kappa shape index (κ1) is 20.4. The minimum Gasteiger partial charge on any atom is -0.493 e. The van der Waals surface area contributed by atoms with E-state index in [2.05, 4.69) is 42.5 Å². The molecule has 146 valence electrons. The second kappa shape index (κ2) is 8.16. The lowest BCUT2D eigenvalue weighted by atomic mass is 9.56. The van der Waals surface area contributed by atoms with Gasteiger partial charge in [0.2, 0.25) is 0 Å². The molecule has 0 heterocycles. The van der Waals surface area contributed by atoms with Gasteiger partial charge in [0.1, 0.15) is 0 Å². The summed E-state index contributed by atoms with van der Waals surface area (Å²) in [5.74, 6) is 2.32. The molecular weight excluding hydrogens is 330 g/mol. The Morgan fingerprint density at radius 1 is 1.15 bits per heavy atom. The molecule has 1 aromatic rings. The minimum atomic E-state index is -0.0941. The van der Waals surface area contributed by atoms with Crippen molar-refractivity contribution in [2.24, 2.45) is 10.4 Å². The molecule has 0 aromatic heterocycles. The van der Waals surface area contributed by atoms with E-state index in [1.54, 1.807) is 28.4 Å². The molecule has 6 nitrogen and oxygen atoms in total. The Balaban J connectivity index is 1.87. The van der Waals surface area contributed by atoms with Gasteiger partial charge >= 0.3 is 0 Å². The summed E-state index contributed by atoms with van der Waals surface area (Å²) in [6.07, 6.45) is 1.83. The smallest absolute Gasteiger partial charge is 0.191 e. The molecule has 1 saturated carbocycles. The average molecular weight is 364 g/mol. The van der Waals surface area contributed by atoms with Crippen molar-refractivity contribution in [2.75, 3.05) is 34.9 Å². The van der Waals surface area contributed by atoms with E-state index in [0.29, 0.717) is 6.04 Å². The van der Waals surface area contributed by atoms with Crippen LogP contribution in [0, 0.1) is 5.41 Å². The van der Waals surface area contributed by atoms with Crippen LogP contribution < -0.4 is 20.1 Å². The lowest BCUT2D eigenvalue weighted by Crippen LogP contribution is -2.69. The molecular formula is C20H33N3O3. The number of aliphatic imine (C=N–C) groups is 1. The topological polar surface area (TPSA) is 64.1 Å². The van der Waals surface area contributed by atoms with Crippen LogP contribution in [-0.4, -0.2) is 52.5 Å². The van der Waals surface area contributed by atoms with Gasteiger partial charge in [-0.3, -0.25) is 4.99 Å². The molecule has 0 amide bonds. The van der Waals surface area contributed by atoms with Crippen molar-refractivity contribution in [3.8, 4) is 11.5 Å². The number of ether oxygens (including phenoxy) is 3. The number of nitrogens with zero attached hydrogens (tertiary/aromatic N) is 1. The Labute approximate surface area is 157 Å². The quantitative estimate of drug-likeness (QED) is 0.576. The summed E-state index contributed by atoms with van der Waals surface area (Å²) in [4.78, 5) is 4.35. The first-order chi connectivity index (χ1) is 12.3. The van der Waals surface area contributed by atoms with Crippen LogP contribution in [-0.2, 0) is 11.2 Å². The van der Waals surface area contributed by atoms with E-state index in [1.807, 2.05) is 12.1 Å². The van der Waals surface area contributed by atoms with Crippen molar-refractivity contribution in [3.63, 3.8) is 0 Å². The van der Waals surface area contributed by atoms with Crippen LogP contribution in [0.15, 0.2) is 23.2 Å². The molecule has 1 aliphatic carbocycles. The monoisotopic (exact) mass is 363 g/mol. The fraction of sp³-hybridized carbons (Fsp3) is 0.650. The first-order valence-corrected chi connectivity index (χ1v) is 9.04. The van der Waals surface area contributed by atoms with Gasteiger partial charge in [-0.25, -0.2) is 0 Å². The second-order valence-electron chi connectivity index (χ2n) is 7.50. The highest BCUT2D eigenvalue weighted by Gasteiger charge is 2.58. The maximum atomic E-state index is 5.69. The van der Waals surface area contributed by atoms with E-state index >= 15 is 0 Å². The fourth-order valence-electron chi connectivity index (χ4n) is 3.44. The zero-order chi connectivity index (χ0) is 19.4. The highest BCUT2D eigenvalue weighted by atomic mass is 16.5. The van der Waals surface area contributed by atoms with Gasteiger partial charge in [0.15, 0.2) is 17.5 Å². The third-order valence-corrected chi connectivity index (χ3v) is 5.97. The molecule has 2 unspecified atom stereocenters. The zero-order valence-electron chi connectivity index (χ0n) is 17.1. The molecule has 2 N–H and O–H groups in total. The Hall–Kier alpha value is -1.95. The standard InChI is InChI=1S/C20H33N3O3/c1-19(2)17(13-20(19,3)26-7)23-18(21-4)22-11-10-14-8-9-15(24-5)16(12-14)25-6/h8-9,12,17H,10-11,13H2,1-7H3,(H2,21,22,23). The second-order valence-corrected chi connectivity index (χ2v) is 7.50.